The summed E-state index contributed by atoms with van der Waals surface area (Å²) in [6, 6.07) is -1.37. The lowest BCUT2D eigenvalue weighted by Gasteiger charge is -2.25. The molecule has 0 aromatic carbocycles. The summed E-state index contributed by atoms with van der Waals surface area (Å²) in [5, 5.41) is 14.6. The molecule has 6 nitrogen and oxygen atoms in total. The summed E-state index contributed by atoms with van der Waals surface area (Å²) in [6.45, 7) is 0.846. The van der Waals surface area contributed by atoms with Crippen LogP contribution in [-0.2, 0) is 4.79 Å². The van der Waals surface area contributed by atoms with Crippen molar-refractivity contribution in [1.29, 1.82) is 0 Å². The Morgan fingerprint density at radius 1 is 1.80 bits per heavy atom. The molecular formula is C7H14Cl2N4O2. The number of halogens is 2. The van der Waals surface area contributed by atoms with Gasteiger partial charge in [-0.05, 0) is 0 Å². The van der Waals surface area contributed by atoms with E-state index >= 15 is 0 Å². The highest BCUT2D eigenvalue weighted by molar-refractivity contribution is 6.65. The molecule has 0 aromatic heterocycles. The monoisotopic (exact) mass is 256 g/mol. The molecule has 0 fully saturated rings. The van der Waals surface area contributed by atoms with Gasteiger partial charge in [-0.1, -0.05) is 11.6 Å². The second-order valence-corrected chi connectivity index (χ2v) is 3.50. The van der Waals surface area contributed by atoms with E-state index in [9.17, 15) is 4.79 Å². The second-order valence-electron chi connectivity index (χ2n) is 3.06. The fraction of sp³-hybridized carbons (Fsp3) is 0.714. The number of nitrogens with two attached hydrogens (primary N) is 2. The Morgan fingerprint density at radius 2 is 2.40 bits per heavy atom. The molecule has 5 N–H and O–H groups in total. The highest BCUT2D eigenvalue weighted by Gasteiger charge is 2.34. The molecule has 0 bridgehead atoms. The lowest BCUT2D eigenvalue weighted by Crippen LogP contribution is -2.49. The maximum Gasteiger partial charge on any atom is 0.322 e. The van der Waals surface area contributed by atoms with E-state index in [-0.39, 0.29) is 18.4 Å². The number of carbonyl (C=O) groups is 1. The zero-order valence-corrected chi connectivity index (χ0v) is 9.54. The van der Waals surface area contributed by atoms with Gasteiger partial charge in [0.1, 0.15) is 11.2 Å². The summed E-state index contributed by atoms with van der Waals surface area (Å²) in [5.41, 5.74) is 10.8. The summed E-state index contributed by atoms with van der Waals surface area (Å²) in [5.74, 6) is -1.06. The Labute approximate surface area is 98.6 Å². The van der Waals surface area contributed by atoms with Crippen molar-refractivity contribution >= 4 is 35.1 Å². The number of carboxylic acid groups (broad SMARTS) is 1. The van der Waals surface area contributed by atoms with E-state index in [0.29, 0.717) is 24.7 Å². The minimum Gasteiger partial charge on any atom is -0.480 e. The van der Waals surface area contributed by atoms with Gasteiger partial charge in [0.25, 0.3) is 0 Å². The third kappa shape index (κ3) is 3.49. The summed E-state index contributed by atoms with van der Waals surface area (Å²) in [4.78, 5) is 10.7. The number of rotatable bonds is 4. The van der Waals surface area contributed by atoms with Crippen molar-refractivity contribution < 1.29 is 9.90 Å². The van der Waals surface area contributed by atoms with E-state index in [0.717, 1.165) is 0 Å². The molecule has 1 rings (SSSR count). The van der Waals surface area contributed by atoms with Gasteiger partial charge in [-0.3, -0.25) is 9.80 Å². The Balaban J connectivity index is 0.00000196. The van der Waals surface area contributed by atoms with Crippen molar-refractivity contribution in [2.75, 3.05) is 13.1 Å². The van der Waals surface area contributed by atoms with Crippen molar-refractivity contribution in [3.8, 4) is 0 Å². The van der Waals surface area contributed by atoms with Gasteiger partial charge in [0.05, 0.1) is 6.04 Å². The molecule has 0 aliphatic carbocycles. The number of hydrazone groups is 1. The van der Waals surface area contributed by atoms with Gasteiger partial charge >= 0.3 is 5.97 Å². The zero-order chi connectivity index (χ0) is 10.7. The Kier molecular flexibility index (Phi) is 5.89. The normalized spacial score (nSPS) is 21.9. The van der Waals surface area contributed by atoms with Crippen LogP contribution in [0.5, 0.6) is 0 Å². The Hall–Kier alpha value is -0.560. The van der Waals surface area contributed by atoms with Crippen LogP contribution in [0.25, 0.3) is 0 Å². The van der Waals surface area contributed by atoms with Crippen LogP contribution < -0.4 is 11.5 Å². The molecule has 0 aromatic rings. The first kappa shape index (κ1) is 14.4. The Morgan fingerprint density at radius 3 is 2.87 bits per heavy atom. The first-order chi connectivity index (χ1) is 6.56. The van der Waals surface area contributed by atoms with Crippen LogP contribution in [0.4, 0.5) is 0 Å². The quantitative estimate of drug-likeness (QED) is 0.624. The lowest BCUT2D eigenvalue weighted by molar-refractivity contribution is -0.140. The average molecular weight is 257 g/mol. The van der Waals surface area contributed by atoms with Crippen molar-refractivity contribution in [3.05, 3.63) is 0 Å². The van der Waals surface area contributed by atoms with Crippen molar-refractivity contribution in [3.63, 3.8) is 0 Å². The van der Waals surface area contributed by atoms with Crippen LogP contribution in [0.1, 0.15) is 6.42 Å². The fourth-order valence-electron chi connectivity index (χ4n) is 1.36. The molecule has 1 heterocycles. The van der Waals surface area contributed by atoms with Gasteiger partial charge in [0, 0.05) is 19.5 Å². The molecule has 15 heavy (non-hydrogen) atoms. The summed E-state index contributed by atoms with van der Waals surface area (Å²) in [7, 11) is 0. The van der Waals surface area contributed by atoms with Crippen LogP contribution in [0.15, 0.2) is 5.10 Å². The average Bonchev–Trinajstić information content (AvgIpc) is 2.46. The molecular weight excluding hydrogens is 243 g/mol. The molecule has 0 saturated heterocycles. The molecule has 0 spiro atoms. The van der Waals surface area contributed by atoms with Crippen LogP contribution in [0, 0.1) is 0 Å². The van der Waals surface area contributed by atoms with Crippen LogP contribution in [-0.4, -0.2) is 46.4 Å². The molecule has 2 atom stereocenters. The predicted molar refractivity (Wildman–Crippen MR) is 60.3 cm³/mol. The third-order valence-corrected chi connectivity index (χ3v) is 2.29. The molecule has 0 radical (unpaired) electrons. The minimum absolute atomic E-state index is 0. The standard InChI is InChI=1S/C7H13ClN4O2.ClH/c8-5-3-4(6(10)7(13)14)12(11-5)2-1-9;/h4,6H,1-3,9-10H2,(H,13,14);1H. The van der Waals surface area contributed by atoms with E-state index in [4.69, 9.17) is 28.2 Å². The van der Waals surface area contributed by atoms with E-state index in [1.807, 2.05) is 0 Å². The number of hydrogen-bond acceptors (Lipinski definition) is 5. The smallest absolute Gasteiger partial charge is 0.322 e. The molecule has 1 aliphatic rings. The topological polar surface area (TPSA) is 105 Å². The van der Waals surface area contributed by atoms with E-state index in [1.165, 1.54) is 0 Å². The summed E-state index contributed by atoms with van der Waals surface area (Å²) in [6.07, 6.45) is 0.370. The van der Waals surface area contributed by atoms with E-state index in [1.54, 1.807) is 5.01 Å². The number of hydrogen-bond donors (Lipinski definition) is 3. The van der Waals surface area contributed by atoms with E-state index < -0.39 is 12.0 Å². The number of carboxylic acids is 1. The summed E-state index contributed by atoms with van der Waals surface area (Å²) < 4.78 is 0. The van der Waals surface area contributed by atoms with Gasteiger partial charge in [-0.2, -0.15) is 5.10 Å². The minimum atomic E-state index is -1.06. The van der Waals surface area contributed by atoms with E-state index in [2.05, 4.69) is 5.10 Å². The molecule has 1 aliphatic heterocycles. The van der Waals surface area contributed by atoms with Crippen LogP contribution in [0.3, 0.4) is 0 Å². The second kappa shape index (κ2) is 6.12. The number of aliphatic carboxylic acids is 1. The maximum atomic E-state index is 10.7. The molecule has 0 amide bonds. The molecule has 2 unspecified atom stereocenters. The molecule has 8 heteroatoms. The van der Waals surface area contributed by atoms with Gasteiger partial charge in [0.2, 0.25) is 0 Å². The van der Waals surface area contributed by atoms with Gasteiger partial charge in [0.15, 0.2) is 0 Å². The third-order valence-electron chi connectivity index (χ3n) is 2.06. The van der Waals surface area contributed by atoms with Gasteiger partial charge < -0.3 is 16.6 Å². The van der Waals surface area contributed by atoms with Gasteiger partial charge in [-0.15, -0.1) is 12.4 Å². The fourth-order valence-corrected chi connectivity index (χ4v) is 1.61. The Bertz CT molecular complexity index is 261. The van der Waals surface area contributed by atoms with Gasteiger partial charge in [-0.25, -0.2) is 0 Å². The van der Waals surface area contributed by atoms with Crippen molar-refractivity contribution in [1.82, 2.24) is 5.01 Å². The number of nitrogens with zero attached hydrogens (tertiary/aromatic N) is 2. The first-order valence-electron chi connectivity index (χ1n) is 4.24. The maximum absolute atomic E-state index is 10.7. The highest BCUT2D eigenvalue weighted by Crippen LogP contribution is 2.19. The first-order valence-corrected chi connectivity index (χ1v) is 4.62. The van der Waals surface area contributed by atoms with Crippen LogP contribution in [0.2, 0.25) is 0 Å². The zero-order valence-electron chi connectivity index (χ0n) is 7.97. The summed E-state index contributed by atoms with van der Waals surface area (Å²) >= 11 is 5.71. The lowest BCUT2D eigenvalue weighted by atomic mass is 10.1. The largest absolute Gasteiger partial charge is 0.480 e. The van der Waals surface area contributed by atoms with Crippen molar-refractivity contribution in [2.24, 2.45) is 16.6 Å². The molecule has 88 valence electrons. The SMILES string of the molecule is Cl.NCCN1N=C(Cl)CC1C(N)C(=O)O. The highest BCUT2D eigenvalue weighted by atomic mass is 35.5. The molecule has 0 saturated carbocycles. The van der Waals surface area contributed by atoms with Crippen LogP contribution >= 0.6 is 24.0 Å². The predicted octanol–water partition coefficient (Wildman–Crippen LogP) is -0.595. The van der Waals surface area contributed by atoms with Crippen molar-refractivity contribution in [2.45, 2.75) is 18.5 Å².